The van der Waals surface area contributed by atoms with Crippen molar-refractivity contribution in [2.45, 2.75) is 17.5 Å². The summed E-state index contributed by atoms with van der Waals surface area (Å²) in [6, 6.07) is 17.7. The molecule has 8 heteroatoms. The van der Waals surface area contributed by atoms with Crippen LogP contribution >= 0.6 is 11.8 Å². The number of oxazole rings is 1. The molecule has 0 atom stereocenters. The van der Waals surface area contributed by atoms with E-state index < -0.39 is 0 Å². The Labute approximate surface area is 160 Å². The van der Waals surface area contributed by atoms with Crippen LogP contribution in [0.2, 0.25) is 0 Å². The number of benzene rings is 2. The SMILES string of the molecule is COc1ccc(Cn2nnnc2SCc2coc(-c3ccccc3)n2)cc1. The Kier molecular flexibility index (Phi) is 5.15. The molecule has 0 amide bonds. The van der Waals surface area contributed by atoms with Gasteiger partial charge in [0, 0.05) is 11.3 Å². The topological polar surface area (TPSA) is 78.9 Å². The molecular formula is C19H17N5O2S. The Morgan fingerprint density at radius 1 is 1.07 bits per heavy atom. The summed E-state index contributed by atoms with van der Waals surface area (Å²) in [5, 5.41) is 12.7. The number of methoxy groups -OCH3 is 1. The molecule has 0 radical (unpaired) electrons. The summed E-state index contributed by atoms with van der Waals surface area (Å²) in [5.74, 6) is 2.06. The molecular weight excluding hydrogens is 362 g/mol. The van der Waals surface area contributed by atoms with E-state index in [1.807, 2.05) is 54.6 Å². The quantitative estimate of drug-likeness (QED) is 0.453. The van der Waals surface area contributed by atoms with E-state index in [0.29, 0.717) is 18.2 Å². The molecule has 0 saturated carbocycles. The lowest BCUT2D eigenvalue weighted by Crippen LogP contribution is -2.04. The maximum Gasteiger partial charge on any atom is 0.226 e. The molecule has 0 aliphatic rings. The maximum absolute atomic E-state index is 5.57. The van der Waals surface area contributed by atoms with E-state index >= 15 is 0 Å². The summed E-state index contributed by atoms with van der Waals surface area (Å²) in [6.07, 6.45) is 1.67. The van der Waals surface area contributed by atoms with Crippen molar-refractivity contribution in [3.8, 4) is 17.2 Å². The van der Waals surface area contributed by atoms with Crippen molar-refractivity contribution in [3.63, 3.8) is 0 Å². The number of hydrogen-bond acceptors (Lipinski definition) is 7. The molecule has 7 nitrogen and oxygen atoms in total. The highest BCUT2D eigenvalue weighted by molar-refractivity contribution is 7.98. The van der Waals surface area contributed by atoms with Crippen LogP contribution in [0.15, 0.2) is 70.4 Å². The molecule has 0 aliphatic carbocycles. The van der Waals surface area contributed by atoms with E-state index in [-0.39, 0.29) is 0 Å². The highest BCUT2D eigenvalue weighted by Crippen LogP contribution is 2.24. The van der Waals surface area contributed by atoms with Crippen molar-refractivity contribution in [1.82, 2.24) is 25.2 Å². The van der Waals surface area contributed by atoms with Gasteiger partial charge in [-0.15, -0.1) is 5.10 Å². The summed E-state index contributed by atoms with van der Waals surface area (Å²) >= 11 is 1.52. The zero-order valence-electron chi connectivity index (χ0n) is 14.6. The average molecular weight is 379 g/mol. The third-order valence-electron chi connectivity index (χ3n) is 3.91. The molecule has 2 heterocycles. The number of rotatable bonds is 7. The number of tetrazole rings is 1. The minimum absolute atomic E-state index is 0.591. The molecule has 4 aromatic rings. The number of hydrogen-bond donors (Lipinski definition) is 0. The molecule has 2 aromatic carbocycles. The van der Waals surface area contributed by atoms with Gasteiger partial charge in [-0.3, -0.25) is 0 Å². The van der Waals surface area contributed by atoms with E-state index in [9.17, 15) is 0 Å². The van der Waals surface area contributed by atoms with Crippen LogP contribution in [-0.2, 0) is 12.3 Å². The van der Waals surface area contributed by atoms with Crippen molar-refractivity contribution < 1.29 is 9.15 Å². The van der Waals surface area contributed by atoms with Crippen LogP contribution in [-0.4, -0.2) is 32.3 Å². The van der Waals surface area contributed by atoms with E-state index in [1.54, 1.807) is 18.1 Å². The van der Waals surface area contributed by atoms with Crippen molar-refractivity contribution >= 4 is 11.8 Å². The summed E-state index contributed by atoms with van der Waals surface area (Å²) in [4.78, 5) is 4.53. The maximum atomic E-state index is 5.57. The first-order valence-electron chi connectivity index (χ1n) is 8.33. The Hall–Kier alpha value is -3.13. The van der Waals surface area contributed by atoms with Gasteiger partial charge in [-0.25, -0.2) is 9.67 Å². The van der Waals surface area contributed by atoms with E-state index in [2.05, 4.69) is 20.5 Å². The first-order chi connectivity index (χ1) is 13.3. The summed E-state index contributed by atoms with van der Waals surface area (Å²) < 4.78 is 12.5. The van der Waals surface area contributed by atoms with Gasteiger partial charge in [0.25, 0.3) is 0 Å². The Morgan fingerprint density at radius 2 is 1.89 bits per heavy atom. The lowest BCUT2D eigenvalue weighted by molar-refractivity contribution is 0.414. The normalized spacial score (nSPS) is 10.9. The smallest absolute Gasteiger partial charge is 0.226 e. The molecule has 0 fully saturated rings. The number of aromatic nitrogens is 5. The van der Waals surface area contributed by atoms with Crippen molar-refractivity contribution in [3.05, 3.63) is 72.1 Å². The average Bonchev–Trinajstić information content (AvgIpc) is 3.37. The van der Waals surface area contributed by atoms with Crippen LogP contribution in [0.5, 0.6) is 5.75 Å². The number of ether oxygens (including phenoxy) is 1. The van der Waals surface area contributed by atoms with Gasteiger partial charge in [0.05, 0.1) is 19.3 Å². The number of thioether (sulfide) groups is 1. The predicted octanol–water partition coefficient (Wildman–Crippen LogP) is 3.68. The molecule has 0 bridgehead atoms. The van der Waals surface area contributed by atoms with Crippen LogP contribution in [0.1, 0.15) is 11.3 Å². The van der Waals surface area contributed by atoms with Gasteiger partial charge in [0.2, 0.25) is 11.0 Å². The molecule has 136 valence electrons. The lowest BCUT2D eigenvalue weighted by atomic mass is 10.2. The molecule has 27 heavy (non-hydrogen) atoms. The summed E-state index contributed by atoms with van der Waals surface area (Å²) in [5.41, 5.74) is 2.90. The zero-order valence-corrected chi connectivity index (χ0v) is 15.5. The summed E-state index contributed by atoms with van der Waals surface area (Å²) in [7, 11) is 1.65. The summed E-state index contributed by atoms with van der Waals surface area (Å²) in [6.45, 7) is 0.591. The van der Waals surface area contributed by atoms with Crippen molar-refractivity contribution in [2.24, 2.45) is 0 Å². The van der Waals surface area contributed by atoms with Crippen LogP contribution in [0.4, 0.5) is 0 Å². The van der Waals surface area contributed by atoms with E-state index in [4.69, 9.17) is 9.15 Å². The number of nitrogens with zero attached hydrogens (tertiary/aromatic N) is 5. The molecule has 0 spiro atoms. The molecule has 0 saturated heterocycles. The molecule has 4 rings (SSSR count). The van der Waals surface area contributed by atoms with Gasteiger partial charge in [0.1, 0.15) is 12.0 Å². The fraction of sp³-hybridized carbons (Fsp3) is 0.158. The Balaban J connectivity index is 1.41. The highest BCUT2D eigenvalue weighted by Gasteiger charge is 2.11. The standard InChI is InChI=1S/C19H17N5O2S/c1-25-17-9-7-14(8-10-17)11-24-19(21-22-23-24)27-13-16-12-26-18(20-16)15-5-3-2-4-6-15/h2-10,12H,11,13H2,1H3. The second-order valence-corrected chi connectivity index (χ2v) is 6.71. The van der Waals surface area contributed by atoms with Crippen LogP contribution in [0, 0.1) is 0 Å². The van der Waals surface area contributed by atoms with Crippen LogP contribution in [0.25, 0.3) is 11.5 Å². The highest BCUT2D eigenvalue weighted by atomic mass is 32.2. The van der Waals surface area contributed by atoms with Gasteiger partial charge in [-0.05, 0) is 40.3 Å². The minimum Gasteiger partial charge on any atom is -0.497 e. The molecule has 0 unspecified atom stereocenters. The fourth-order valence-corrected chi connectivity index (χ4v) is 3.28. The third kappa shape index (κ3) is 4.17. The second kappa shape index (κ2) is 8.05. The van der Waals surface area contributed by atoms with Crippen molar-refractivity contribution in [2.75, 3.05) is 7.11 Å². The molecule has 0 aliphatic heterocycles. The van der Waals surface area contributed by atoms with Gasteiger partial charge in [-0.2, -0.15) is 0 Å². The van der Waals surface area contributed by atoms with E-state index in [1.165, 1.54) is 11.8 Å². The third-order valence-corrected chi connectivity index (χ3v) is 4.90. The Morgan fingerprint density at radius 3 is 2.67 bits per heavy atom. The van der Waals surface area contributed by atoms with Gasteiger partial charge >= 0.3 is 0 Å². The zero-order chi connectivity index (χ0) is 18.5. The van der Waals surface area contributed by atoms with Crippen molar-refractivity contribution in [1.29, 1.82) is 0 Å². The molecule has 2 aromatic heterocycles. The minimum atomic E-state index is 0.591. The van der Waals surface area contributed by atoms with Crippen LogP contribution in [0.3, 0.4) is 0 Å². The monoisotopic (exact) mass is 379 g/mol. The first-order valence-corrected chi connectivity index (χ1v) is 9.32. The predicted molar refractivity (Wildman–Crippen MR) is 101 cm³/mol. The second-order valence-electron chi connectivity index (χ2n) is 5.77. The largest absolute Gasteiger partial charge is 0.497 e. The Bertz CT molecular complexity index is 998. The van der Waals surface area contributed by atoms with Gasteiger partial charge in [0.15, 0.2) is 0 Å². The van der Waals surface area contributed by atoms with Crippen LogP contribution < -0.4 is 4.74 Å². The van der Waals surface area contributed by atoms with E-state index in [0.717, 1.165) is 27.7 Å². The van der Waals surface area contributed by atoms with Gasteiger partial charge in [-0.1, -0.05) is 42.1 Å². The molecule has 0 N–H and O–H groups in total. The fourth-order valence-electron chi connectivity index (χ4n) is 2.53. The van der Waals surface area contributed by atoms with Gasteiger partial charge < -0.3 is 9.15 Å². The first kappa shape index (κ1) is 17.3. The lowest BCUT2D eigenvalue weighted by Gasteiger charge is -2.05.